The molecule has 1 aromatic carbocycles. The zero-order chi connectivity index (χ0) is 14.8. The van der Waals surface area contributed by atoms with Gasteiger partial charge in [0.1, 0.15) is 5.82 Å². The van der Waals surface area contributed by atoms with E-state index in [1.54, 1.807) is 6.07 Å². The molecule has 0 spiro atoms. The first kappa shape index (κ1) is 13.2. The molecule has 2 saturated carbocycles. The number of anilines is 2. The predicted molar refractivity (Wildman–Crippen MR) is 85.2 cm³/mol. The Kier molecular flexibility index (Phi) is 2.52. The predicted octanol–water partition coefficient (Wildman–Crippen LogP) is 4.18. The van der Waals surface area contributed by atoms with E-state index in [4.69, 9.17) is 0 Å². The van der Waals surface area contributed by atoms with Gasteiger partial charge >= 0.3 is 0 Å². The molecule has 0 radical (unpaired) electrons. The van der Waals surface area contributed by atoms with Crippen molar-refractivity contribution in [3.05, 3.63) is 36.3 Å². The van der Waals surface area contributed by atoms with Crippen molar-refractivity contribution in [1.29, 1.82) is 0 Å². The Balaban J connectivity index is 1.63. The largest absolute Gasteiger partial charge is 0.369 e. The van der Waals surface area contributed by atoms with E-state index >= 15 is 0 Å². The van der Waals surface area contributed by atoms with E-state index in [1.165, 1.54) is 18.5 Å². The summed E-state index contributed by atoms with van der Waals surface area (Å²) < 4.78 is 14.0. The van der Waals surface area contributed by atoms with Gasteiger partial charge in [0.2, 0.25) is 0 Å². The van der Waals surface area contributed by atoms with Gasteiger partial charge in [0, 0.05) is 36.4 Å². The molecule has 3 fully saturated rings. The van der Waals surface area contributed by atoms with E-state index in [2.05, 4.69) is 30.2 Å². The zero-order valence-corrected chi connectivity index (χ0v) is 13.0. The molecule has 1 aliphatic heterocycles. The molecule has 1 aromatic rings. The summed E-state index contributed by atoms with van der Waals surface area (Å²) in [6, 6.07) is 5.50. The second kappa shape index (κ2) is 4.02. The van der Waals surface area contributed by atoms with Crippen LogP contribution in [-0.4, -0.2) is 19.6 Å². The van der Waals surface area contributed by atoms with Gasteiger partial charge in [-0.2, -0.15) is 0 Å². The van der Waals surface area contributed by atoms with Gasteiger partial charge in [-0.25, -0.2) is 4.39 Å². The summed E-state index contributed by atoms with van der Waals surface area (Å²) in [4.78, 5) is 4.40. The van der Waals surface area contributed by atoms with Crippen molar-refractivity contribution in [2.45, 2.75) is 33.1 Å². The second-order valence-corrected chi connectivity index (χ2v) is 7.16. The van der Waals surface area contributed by atoms with Crippen molar-refractivity contribution in [2.75, 3.05) is 29.4 Å². The maximum atomic E-state index is 14.0. The average molecular weight is 286 g/mol. The third-order valence-electron chi connectivity index (χ3n) is 5.92. The topological polar surface area (TPSA) is 6.48 Å². The standard InChI is InChI=1S/C18H23FN2/c1-4-21(13(2)18-11-17(18,3)12-18)14-6-7-15(19)16(10-14)20-8-5-9-20/h6-7,10H,2,4-5,8-9,11-12H2,1,3H3. The van der Waals surface area contributed by atoms with Crippen LogP contribution in [-0.2, 0) is 0 Å². The highest BCUT2D eigenvalue weighted by atomic mass is 19.1. The number of nitrogens with zero attached hydrogens (tertiary/aromatic N) is 2. The zero-order valence-electron chi connectivity index (χ0n) is 13.0. The van der Waals surface area contributed by atoms with Crippen molar-refractivity contribution in [3.63, 3.8) is 0 Å². The molecule has 2 aliphatic carbocycles. The molecular formula is C18H23FN2. The van der Waals surface area contributed by atoms with Crippen molar-refractivity contribution in [3.8, 4) is 0 Å². The maximum Gasteiger partial charge on any atom is 0.146 e. The lowest BCUT2D eigenvalue weighted by atomic mass is 10.1. The number of fused-ring (bicyclic) bond motifs is 1. The minimum Gasteiger partial charge on any atom is -0.369 e. The van der Waals surface area contributed by atoms with E-state index in [0.717, 1.165) is 37.4 Å². The minimum atomic E-state index is -0.110. The van der Waals surface area contributed by atoms with Crippen LogP contribution >= 0.6 is 0 Å². The highest BCUT2D eigenvalue weighted by Crippen LogP contribution is 2.88. The van der Waals surface area contributed by atoms with Crippen molar-refractivity contribution >= 4 is 11.4 Å². The van der Waals surface area contributed by atoms with Crippen LogP contribution < -0.4 is 9.80 Å². The minimum absolute atomic E-state index is 0.110. The van der Waals surface area contributed by atoms with Crippen LogP contribution in [0.2, 0.25) is 0 Å². The molecule has 3 aliphatic rings. The van der Waals surface area contributed by atoms with Gasteiger partial charge in [0.25, 0.3) is 0 Å². The Morgan fingerprint density at radius 3 is 2.52 bits per heavy atom. The Hall–Kier alpha value is -1.51. The molecule has 1 heterocycles. The fourth-order valence-corrected chi connectivity index (χ4v) is 4.00. The Morgan fingerprint density at radius 2 is 2.05 bits per heavy atom. The van der Waals surface area contributed by atoms with Crippen molar-refractivity contribution in [1.82, 2.24) is 0 Å². The quantitative estimate of drug-likeness (QED) is 0.801. The molecule has 0 unspecified atom stereocenters. The van der Waals surface area contributed by atoms with E-state index in [0.29, 0.717) is 10.8 Å². The average Bonchev–Trinajstić information content (AvgIpc) is 3.17. The number of allylic oxidation sites excluding steroid dienone is 1. The first-order chi connectivity index (χ1) is 10.0. The summed E-state index contributed by atoms with van der Waals surface area (Å²) in [6.07, 6.45) is 3.71. The first-order valence-corrected chi connectivity index (χ1v) is 8.02. The van der Waals surface area contributed by atoms with Gasteiger partial charge < -0.3 is 9.80 Å². The summed E-state index contributed by atoms with van der Waals surface area (Å²) in [7, 11) is 0. The highest BCUT2D eigenvalue weighted by Gasteiger charge is 2.81. The van der Waals surface area contributed by atoms with Crippen LogP contribution in [0.1, 0.15) is 33.1 Å². The number of benzene rings is 1. The third-order valence-corrected chi connectivity index (χ3v) is 5.92. The second-order valence-electron chi connectivity index (χ2n) is 7.16. The lowest BCUT2D eigenvalue weighted by Gasteiger charge is -2.35. The van der Waals surface area contributed by atoms with Crippen LogP contribution in [0.5, 0.6) is 0 Å². The van der Waals surface area contributed by atoms with Crippen LogP contribution in [0.4, 0.5) is 15.8 Å². The Morgan fingerprint density at radius 1 is 1.38 bits per heavy atom. The number of hydrogen-bond acceptors (Lipinski definition) is 2. The smallest absolute Gasteiger partial charge is 0.146 e. The monoisotopic (exact) mass is 286 g/mol. The van der Waals surface area contributed by atoms with Gasteiger partial charge in [0.15, 0.2) is 0 Å². The van der Waals surface area contributed by atoms with Crippen LogP contribution in [0, 0.1) is 16.6 Å². The van der Waals surface area contributed by atoms with Gasteiger partial charge in [-0.1, -0.05) is 13.5 Å². The maximum absolute atomic E-state index is 14.0. The number of hydrogen-bond donors (Lipinski definition) is 0. The fourth-order valence-electron chi connectivity index (χ4n) is 4.00. The molecule has 1 saturated heterocycles. The van der Waals surface area contributed by atoms with Gasteiger partial charge in [-0.3, -0.25) is 0 Å². The third kappa shape index (κ3) is 1.69. The summed E-state index contributed by atoms with van der Waals surface area (Å²) in [5, 5.41) is 0. The lowest BCUT2D eigenvalue weighted by Crippen LogP contribution is -2.37. The van der Waals surface area contributed by atoms with Gasteiger partial charge in [0.05, 0.1) is 5.69 Å². The molecule has 2 nitrogen and oxygen atoms in total. The summed E-state index contributed by atoms with van der Waals surface area (Å²) in [5.41, 5.74) is 3.93. The summed E-state index contributed by atoms with van der Waals surface area (Å²) in [5.74, 6) is -0.110. The molecule has 0 amide bonds. The lowest BCUT2D eigenvalue weighted by molar-refractivity contribution is 0.573. The highest BCUT2D eigenvalue weighted by molar-refractivity contribution is 5.65. The molecular weight excluding hydrogens is 263 g/mol. The van der Waals surface area contributed by atoms with Gasteiger partial charge in [-0.05, 0) is 49.8 Å². The Labute approximate surface area is 126 Å². The molecule has 0 N–H and O–H groups in total. The van der Waals surface area contributed by atoms with Crippen molar-refractivity contribution in [2.24, 2.45) is 10.8 Å². The van der Waals surface area contributed by atoms with E-state index < -0.39 is 0 Å². The van der Waals surface area contributed by atoms with Crippen molar-refractivity contribution < 1.29 is 4.39 Å². The first-order valence-electron chi connectivity index (χ1n) is 8.02. The molecule has 4 rings (SSSR count). The molecule has 112 valence electrons. The summed E-state index contributed by atoms with van der Waals surface area (Å²) in [6.45, 7) is 11.7. The SMILES string of the molecule is C=C(N(CC)c1ccc(F)c(N2CCC2)c1)C12CC1(C)C2. The van der Waals surface area contributed by atoms with Crippen LogP contribution in [0.3, 0.4) is 0 Å². The molecule has 0 atom stereocenters. The molecule has 0 aromatic heterocycles. The normalized spacial score (nSPS) is 32.2. The summed E-state index contributed by atoms with van der Waals surface area (Å²) >= 11 is 0. The van der Waals surface area contributed by atoms with Crippen LogP contribution in [0.15, 0.2) is 30.5 Å². The fraction of sp³-hybridized carbons (Fsp3) is 0.556. The number of halogens is 1. The molecule has 3 heteroatoms. The molecule has 0 bridgehead atoms. The van der Waals surface area contributed by atoms with Gasteiger partial charge in [-0.15, -0.1) is 0 Å². The van der Waals surface area contributed by atoms with Crippen LogP contribution in [0.25, 0.3) is 0 Å². The van der Waals surface area contributed by atoms with E-state index in [1.807, 2.05) is 12.1 Å². The Bertz CT molecular complexity index is 612. The van der Waals surface area contributed by atoms with E-state index in [9.17, 15) is 4.39 Å². The number of rotatable bonds is 5. The molecule has 21 heavy (non-hydrogen) atoms. The van der Waals surface area contributed by atoms with E-state index in [-0.39, 0.29) is 5.82 Å².